The van der Waals surface area contributed by atoms with Crippen molar-refractivity contribution >= 4 is 29.1 Å². The summed E-state index contributed by atoms with van der Waals surface area (Å²) in [5, 5.41) is 0.595. The summed E-state index contributed by atoms with van der Waals surface area (Å²) >= 11 is 12.6. The Morgan fingerprint density at radius 2 is 1.82 bits per heavy atom. The molecule has 0 unspecified atom stereocenters. The Bertz CT molecular complexity index is 1630. The zero-order chi connectivity index (χ0) is 27.3. The molecular formula is C29H25Cl2FN4O2. The Morgan fingerprint density at radius 3 is 2.50 bits per heavy atom. The number of halogens is 3. The molecular weight excluding hydrogens is 526 g/mol. The summed E-state index contributed by atoms with van der Waals surface area (Å²) in [5.74, 6) is -0.769. The molecule has 0 N–H and O–H groups in total. The van der Waals surface area contributed by atoms with E-state index in [9.17, 15) is 9.59 Å². The summed E-state index contributed by atoms with van der Waals surface area (Å²) < 4.78 is 16.9. The predicted molar refractivity (Wildman–Crippen MR) is 147 cm³/mol. The number of amides is 1. The van der Waals surface area contributed by atoms with Gasteiger partial charge in [-0.2, -0.15) is 0 Å². The predicted octanol–water partition coefficient (Wildman–Crippen LogP) is 6.33. The highest BCUT2D eigenvalue weighted by Crippen LogP contribution is 2.55. The van der Waals surface area contributed by atoms with Crippen molar-refractivity contribution in [3.05, 3.63) is 109 Å². The quantitative estimate of drug-likeness (QED) is 0.272. The minimum Gasteiger partial charge on any atom is -0.345 e. The fourth-order valence-electron chi connectivity index (χ4n) is 4.85. The number of aryl methyl sites for hydroxylation is 2. The van der Waals surface area contributed by atoms with Gasteiger partial charge in [-0.3, -0.25) is 19.1 Å². The molecule has 38 heavy (non-hydrogen) atoms. The minimum absolute atomic E-state index is 0.0490. The van der Waals surface area contributed by atoms with E-state index in [0.717, 1.165) is 23.1 Å². The van der Waals surface area contributed by atoms with Crippen LogP contribution in [-0.2, 0) is 0 Å². The van der Waals surface area contributed by atoms with Crippen molar-refractivity contribution in [2.75, 3.05) is 14.1 Å². The third-order valence-corrected chi connectivity index (χ3v) is 7.56. The summed E-state index contributed by atoms with van der Waals surface area (Å²) in [4.78, 5) is 35.9. The van der Waals surface area contributed by atoms with Gasteiger partial charge in [0.15, 0.2) is 0 Å². The molecule has 1 aromatic carbocycles. The fraction of sp³-hybridized carbons (Fsp3) is 0.241. The van der Waals surface area contributed by atoms with E-state index in [1.54, 1.807) is 50.8 Å². The molecule has 1 fully saturated rings. The van der Waals surface area contributed by atoms with Gasteiger partial charge in [0.1, 0.15) is 16.0 Å². The lowest BCUT2D eigenvalue weighted by atomic mass is 10.0. The SMILES string of the molecule is Cc1cnc(-c2cccc(C(=O)N(C)C)c2F)cc1-n1c(C)cc([C@H]2C[C@@H]2c2ccc(Cl)nc2)c(Cl)c1=O. The number of aromatic nitrogens is 3. The van der Waals surface area contributed by atoms with Crippen molar-refractivity contribution in [1.29, 1.82) is 0 Å². The number of carbonyl (C=O) groups excluding carboxylic acids is 1. The second kappa shape index (κ2) is 9.97. The van der Waals surface area contributed by atoms with E-state index in [0.29, 0.717) is 22.2 Å². The summed E-state index contributed by atoms with van der Waals surface area (Å²) in [6, 6.07) is 11.9. The first-order valence-corrected chi connectivity index (χ1v) is 12.8. The normalized spacial score (nSPS) is 16.4. The zero-order valence-corrected chi connectivity index (χ0v) is 22.8. The number of benzene rings is 1. The van der Waals surface area contributed by atoms with E-state index < -0.39 is 11.7 Å². The molecule has 0 bridgehead atoms. The van der Waals surface area contributed by atoms with Crippen molar-refractivity contribution in [2.24, 2.45) is 0 Å². The molecule has 1 aliphatic carbocycles. The van der Waals surface area contributed by atoms with Gasteiger partial charge >= 0.3 is 0 Å². The van der Waals surface area contributed by atoms with Gasteiger partial charge in [-0.05, 0) is 79.1 Å². The average Bonchev–Trinajstić information content (AvgIpc) is 3.68. The van der Waals surface area contributed by atoms with Crippen LogP contribution in [0.25, 0.3) is 16.9 Å². The molecule has 6 nitrogen and oxygen atoms in total. The number of pyridine rings is 3. The summed E-state index contributed by atoms with van der Waals surface area (Å²) in [7, 11) is 3.13. The lowest BCUT2D eigenvalue weighted by molar-refractivity contribution is 0.0823. The number of carbonyl (C=O) groups is 1. The molecule has 0 spiro atoms. The first-order chi connectivity index (χ1) is 18.1. The molecule has 2 atom stereocenters. The van der Waals surface area contributed by atoms with Crippen LogP contribution in [0.5, 0.6) is 0 Å². The van der Waals surface area contributed by atoms with Crippen LogP contribution >= 0.6 is 23.2 Å². The van der Waals surface area contributed by atoms with Gasteiger partial charge in [-0.1, -0.05) is 35.3 Å². The van der Waals surface area contributed by atoms with Gasteiger partial charge in [-0.15, -0.1) is 0 Å². The van der Waals surface area contributed by atoms with E-state index in [1.807, 2.05) is 26.0 Å². The van der Waals surface area contributed by atoms with Gasteiger partial charge in [0.2, 0.25) is 0 Å². The van der Waals surface area contributed by atoms with Crippen molar-refractivity contribution in [1.82, 2.24) is 19.4 Å². The largest absolute Gasteiger partial charge is 0.345 e. The Hall–Kier alpha value is -3.55. The molecule has 1 aliphatic rings. The molecule has 1 amide bonds. The number of nitrogens with zero attached hydrogens (tertiary/aromatic N) is 4. The Kier molecular flexibility index (Phi) is 6.84. The third-order valence-electron chi connectivity index (χ3n) is 6.96. The van der Waals surface area contributed by atoms with Crippen LogP contribution in [0.2, 0.25) is 10.2 Å². The van der Waals surface area contributed by atoms with E-state index in [4.69, 9.17) is 23.2 Å². The van der Waals surface area contributed by atoms with Crippen molar-refractivity contribution < 1.29 is 9.18 Å². The molecule has 3 heterocycles. The van der Waals surface area contributed by atoms with Crippen molar-refractivity contribution in [2.45, 2.75) is 32.1 Å². The van der Waals surface area contributed by atoms with Gasteiger partial charge in [-0.25, -0.2) is 9.37 Å². The first-order valence-electron chi connectivity index (χ1n) is 12.1. The monoisotopic (exact) mass is 550 g/mol. The summed E-state index contributed by atoms with van der Waals surface area (Å²) in [5.41, 5.74) is 3.91. The molecule has 9 heteroatoms. The average molecular weight is 551 g/mol. The summed E-state index contributed by atoms with van der Waals surface area (Å²) in [6.45, 7) is 3.67. The molecule has 4 aromatic rings. The Morgan fingerprint density at radius 1 is 1.05 bits per heavy atom. The van der Waals surface area contributed by atoms with Gasteiger partial charge < -0.3 is 4.90 Å². The van der Waals surface area contributed by atoms with Crippen LogP contribution in [0.4, 0.5) is 4.39 Å². The standard InChI is InChI=1S/C29H25Cl2FN4O2/c1-15-13-33-23(18-6-5-7-19(27(18)32)28(37)35(3)4)12-24(15)36-16(2)10-22(26(31)29(36)38)21-11-20(21)17-8-9-25(30)34-14-17/h5-10,12-14,20-21H,11H2,1-4H3/t20-,21+/m1/s1. The number of rotatable bonds is 5. The van der Waals surface area contributed by atoms with Crippen molar-refractivity contribution in [3.63, 3.8) is 0 Å². The molecule has 5 rings (SSSR count). The van der Waals surface area contributed by atoms with Crippen LogP contribution in [0.1, 0.15) is 51.0 Å². The van der Waals surface area contributed by atoms with Gasteiger partial charge in [0, 0.05) is 37.7 Å². The molecule has 0 aliphatic heterocycles. The van der Waals surface area contributed by atoms with E-state index in [-0.39, 0.29) is 33.5 Å². The highest BCUT2D eigenvalue weighted by molar-refractivity contribution is 6.31. The Balaban J connectivity index is 1.55. The highest BCUT2D eigenvalue weighted by Gasteiger charge is 2.41. The van der Waals surface area contributed by atoms with Gasteiger partial charge in [0.05, 0.1) is 16.9 Å². The second-order valence-electron chi connectivity index (χ2n) is 9.78. The van der Waals surface area contributed by atoms with Crippen LogP contribution in [-0.4, -0.2) is 39.4 Å². The smallest absolute Gasteiger partial charge is 0.274 e. The van der Waals surface area contributed by atoms with Crippen LogP contribution < -0.4 is 5.56 Å². The highest BCUT2D eigenvalue weighted by atomic mass is 35.5. The zero-order valence-electron chi connectivity index (χ0n) is 21.3. The van der Waals surface area contributed by atoms with Crippen LogP contribution in [0.3, 0.4) is 0 Å². The maximum Gasteiger partial charge on any atom is 0.274 e. The molecule has 0 radical (unpaired) electrons. The van der Waals surface area contributed by atoms with E-state index in [1.165, 1.54) is 15.5 Å². The summed E-state index contributed by atoms with van der Waals surface area (Å²) in [6.07, 6.45) is 4.21. The molecule has 3 aromatic heterocycles. The molecule has 0 saturated heterocycles. The third kappa shape index (κ3) is 4.61. The van der Waals surface area contributed by atoms with E-state index >= 15 is 4.39 Å². The maximum atomic E-state index is 15.4. The lowest BCUT2D eigenvalue weighted by Crippen LogP contribution is -2.23. The Labute approximate surface area is 229 Å². The lowest BCUT2D eigenvalue weighted by Gasteiger charge is -2.17. The minimum atomic E-state index is -0.664. The van der Waals surface area contributed by atoms with E-state index in [2.05, 4.69) is 9.97 Å². The van der Waals surface area contributed by atoms with Crippen molar-refractivity contribution in [3.8, 4) is 16.9 Å². The molecule has 1 saturated carbocycles. The number of hydrogen-bond donors (Lipinski definition) is 0. The maximum absolute atomic E-state index is 15.4. The molecule has 194 valence electrons. The topological polar surface area (TPSA) is 68.1 Å². The fourth-order valence-corrected chi connectivity index (χ4v) is 5.25. The second-order valence-corrected chi connectivity index (χ2v) is 10.5. The first kappa shape index (κ1) is 26.1. The van der Waals surface area contributed by atoms with Crippen LogP contribution in [0, 0.1) is 19.7 Å². The van der Waals surface area contributed by atoms with Crippen LogP contribution in [0.15, 0.2) is 59.7 Å². The van der Waals surface area contributed by atoms with Gasteiger partial charge in [0.25, 0.3) is 11.5 Å². The number of hydrogen-bond acceptors (Lipinski definition) is 4.